The minimum atomic E-state index is -0.246. The van der Waals surface area contributed by atoms with Crippen LogP contribution in [0.15, 0.2) is 48.5 Å². The van der Waals surface area contributed by atoms with Gasteiger partial charge in [0, 0.05) is 0 Å². The molecule has 1 aliphatic carbocycles. The van der Waals surface area contributed by atoms with E-state index in [2.05, 4.69) is 6.92 Å². The highest BCUT2D eigenvalue weighted by Crippen LogP contribution is 2.33. The lowest BCUT2D eigenvalue weighted by molar-refractivity contribution is -0.140. The van der Waals surface area contributed by atoms with Crippen LogP contribution in [0.3, 0.4) is 0 Å². The van der Waals surface area contributed by atoms with E-state index in [1.807, 2.05) is 24.3 Å². The van der Waals surface area contributed by atoms with Gasteiger partial charge in [-0.25, -0.2) is 4.39 Å². The molecule has 0 bridgehead atoms. The van der Waals surface area contributed by atoms with E-state index in [4.69, 9.17) is 4.74 Å². The van der Waals surface area contributed by atoms with Gasteiger partial charge >= 0.3 is 5.97 Å². The molecule has 0 atom stereocenters. The number of hydrogen-bond acceptors (Lipinski definition) is 2. The highest BCUT2D eigenvalue weighted by atomic mass is 19.1. The molecule has 0 amide bonds. The first-order valence-corrected chi connectivity index (χ1v) is 10.2. The number of rotatable bonds is 7. The fourth-order valence-electron chi connectivity index (χ4n) is 3.93. The molecule has 1 fully saturated rings. The summed E-state index contributed by atoms with van der Waals surface area (Å²) in [6.45, 7) is 2.24. The fourth-order valence-corrected chi connectivity index (χ4v) is 3.93. The summed E-state index contributed by atoms with van der Waals surface area (Å²) in [5, 5.41) is 0. The van der Waals surface area contributed by atoms with Gasteiger partial charge in [-0.05, 0) is 67.0 Å². The lowest BCUT2D eigenvalue weighted by atomic mass is 9.80. The highest BCUT2D eigenvalue weighted by molar-refractivity contribution is 5.75. The maximum atomic E-state index is 13.0. The Labute approximate surface area is 161 Å². The minimum absolute atomic E-state index is 0.0317. The van der Waals surface area contributed by atoms with E-state index in [0.717, 1.165) is 42.7 Å². The molecule has 3 rings (SSSR count). The molecule has 0 spiro atoms. The summed E-state index contributed by atoms with van der Waals surface area (Å²) in [5.41, 5.74) is 1.91. The van der Waals surface area contributed by atoms with E-state index in [-0.39, 0.29) is 17.7 Å². The molecule has 27 heavy (non-hydrogen) atoms. The molecule has 1 aliphatic rings. The number of esters is 1. The molecule has 3 heteroatoms. The lowest BCUT2D eigenvalue weighted by Gasteiger charge is -2.27. The van der Waals surface area contributed by atoms with Gasteiger partial charge in [0.2, 0.25) is 0 Å². The van der Waals surface area contributed by atoms with Gasteiger partial charge in [-0.2, -0.15) is 0 Å². The van der Waals surface area contributed by atoms with Crippen LogP contribution in [0.2, 0.25) is 0 Å². The Kier molecular flexibility index (Phi) is 7.03. The number of halogens is 1. The van der Waals surface area contributed by atoms with E-state index in [0.29, 0.717) is 5.75 Å². The van der Waals surface area contributed by atoms with Gasteiger partial charge in [0.05, 0.1) is 5.92 Å². The van der Waals surface area contributed by atoms with E-state index in [1.165, 1.54) is 37.8 Å². The van der Waals surface area contributed by atoms with Crippen molar-refractivity contribution >= 4 is 5.97 Å². The summed E-state index contributed by atoms with van der Waals surface area (Å²) in [7, 11) is 0. The average Bonchev–Trinajstić information content (AvgIpc) is 2.70. The molecule has 0 unspecified atom stereocenters. The Morgan fingerprint density at radius 3 is 2.11 bits per heavy atom. The van der Waals surface area contributed by atoms with Gasteiger partial charge in [0.25, 0.3) is 0 Å². The zero-order chi connectivity index (χ0) is 19.1. The van der Waals surface area contributed by atoms with Crippen molar-refractivity contribution < 1.29 is 13.9 Å². The quantitative estimate of drug-likeness (QED) is 0.306. The number of carbonyl (C=O) groups excluding carboxylic acids is 1. The second-order valence-corrected chi connectivity index (χ2v) is 7.67. The standard InChI is InChI=1S/C24H29FO2/c1-2-3-4-5-18-6-8-21(9-7-18)24(26)27-23-16-12-20(13-17-23)19-10-14-22(25)15-11-19/h10-18,21H,2-9H2,1H3/t18-,21-. The average molecular weight is 368 g/mol. The van der Waals surface area contributed by atoms with Crippen molar-refractivity contribution in [2.24, 2.45) is 11.8 Å². The predicted octanol–water partition coefficient (Wildman–Crippen LogP) is 6.78. The Balaban J connectivity index is 1.49. The van der Waals surface area contributed by atoms with Crippen LogP contribution >= 0.6 is 0 Å². The largest absolute Gasteiger partial charge is 0.426 e. The van der Waals surface area contributed by atoms with Crippen molar-refractivity contribution in [1.29, 1.82) is 0 Å². The van der Waals surface area contributed by atoms with Gasteiger partial charge in [0.1, 0.15) is 11.6 Å². The summed E-state index contributed by atoms with van der Waals surface area (Å²) in [6, 6.07) is 13.8. The highest BCUT2D eigenvalue weighted by Gasteiger charge is 2.27. The second-order valence-electron chi connectivity index (χ2n) is 7.67. The number of unbranched alkanes of at least 4 members (excludes halogenated alkanes) is 2. The third-order valence-corrected chi connectivity index (χ3v) is 5.65. The van der Waals surface area contributed by atoms with E-state index in [1.54, 1.807) is 12.1 Å². The molecule has 0 saturated heterocycles. The molecule has 0 aromatic heterocycles. The monoisotopic (exact) mass is 368 g/mol. The van der Waals surface area contributed by atoms with Crippen LogP contribution in [0.5, 0.6) is 5.75 Å². The Bertz CT molecular complexity index is 713. The maximum absolute atomic E-state index is 13.0. The first-order chi connectivity index (χ1) is 13.2. The fraction of sp³-hybridized carbons (Fsp3) is 0.458. The number of carbonyl (C=O) groups is 1. The SMILES string of the molecule is CCCCC[C@H]1CC[C@H](C(=O)Oc2ccc(-c3ccc(F)cc3)cc2)CC1. The maximum Gasteiger partial charge on any atom is 0.314 e. The van der Waals surface area contributed by atoms with Crippen molar-refractivity contribution in [3.8, 4) is 16.9 Å². The molecule has 0 N–H and O–H groups in total. The summed E-state index contributed by atoms with van der Waals surface area (Å²) < 4.78 is 18.6. The van der Waals surface area contributed by atoms with E-state index >= 15 is 0 Å². The minimum Gasteiger partial charge on any atom is -0.426 e. The number of ether oxygens (including phenoxy) is 1. The van der Waals surface area contributed by atoms with Crippen LogP contribution in [0.25, 0.3) is 11.1 Å². The molecule has 144 valence electrons. The van der Waals surface area contributed by atoms with E-state index < -0.39 is 0 Å². The summed E-state index contributed by atoms with van der Waals surface area (Å²) in [4.78, 5) is 12.5. The zero-order valence-electron chi connectivity index (χ0n) is 16.1. The van der Waals surface area contributed by atoms with Crippen molar-refractivity contribution in [3.63, 3.8) is 0 Å². The third kappa shape index (κ3) is 5.66. The molecule has 0 aliphatic heterocycles. The first-order valence-electron chi connectivity index (χ1n) is 10.2. The molecule has 2 aromatic carbocycles. The molecule has 2 aromatic rings. The molecular formula is C24H29FO2. The summed E-state index contributed by atoms with van der Waals surface area (Å²) in [6.07, 6.45) is 9.39. The molecule has 1 saturated carbocycles. The first kappa shape index (κ1) is 19.6. The van der Waals surface area contributed by atoms with Crippen LogP contribution in [0.4, 0.5) is 4.39 Å². The molecule has 0 radical (unpaired) electrons. The Morgan fingerprint density at radius 2 is 1.52 bits per heavy atom. The van der Waals surface area contributed by atoms with Crippen molar-refractivity contribution in [2.75, 3.05) is 0 Å². The second kappa shape index (κ2) is 9.68. The van der Waals surface area contributed by atoms with Gasteiger partial charge in [-0.3, -0.25) is 4.79 Å². The number of hydrogen-bond donors (Lipinski definition) is 0. The number of benzene rings is 2. The zero-order valence-corrected chi connectivity index (χ0v) is 16.1. The Hall–Kier alpha value is -2.16. The summed E-state index contributed by atoms with van der Waals surface area (Å²) in [5.74, 6) is 1.05. The Morgan fingerprint density at radius 1 is 0.926 bits per heavy atom. The third-order valence-electron chi connectivity index (χ3n) is 5.65. The van der Waals surface area contributed by atoms with Crippen LogP contribution in [0, 0.1) is 17.7 Å². The van der Waals surface area contributed by atoms with Crippen molar-refractivity contribution in [1.82, 2.24) is 0 Å². The lowest BCUT2D eigenvalue weighted by Crippen LogP contribution is -2.25. The van der Waals surface area contributed by atoms with Crippen LogP contribution < -0.4 is 4.74 Å². The van der Waals surface area contributed by atoms with Crippen LogP contribution in [-0.2, 0) is 4.79 Å². The van der Waals surface area contributed by atoms with Crippen molar-refractivity contribution in [3.05, 3.63) is 54.3 Å². The van der Waals surface area contributed by atoms with Gasteiger partial charge < -0.3 is 4.74 Å². The van der Waals surface area contributed by atoms with E-state index in [9.17, 15) is 9.18 Å². The van der Waals surface area contributed by atoms with Crippen molar-refractivity contribution in [2.45, 2.75) is 58.3 Å². The van der Waals surface area contributed by atoms with Gasteiger partial charge in [0.15, 0.2) is 0 Å². The molecular weight excluding hydrogens is 339 g/mol. The molecule has 2 nitrogen and oxygen atoms in total. The molecule has 0 heterocycles. The van der Waals surface area contributed by atoms with Crippen LogP contribution in [0.1, 0.15) is 58.3 Å². The van der Waals surface area contributed by atoms with Crippen LogP contribution in [-0.4, -0.2) is 5.97 Å². The normalized spacial score (nSPS) is 19.6. The summed E-state index contributed by atoms with van der Waals surface area (Å²) >= 11 is 0. The smallest absolute Gasteiger partial charge is 0.314 e. The van der Waals surface area contributed by atoms with Gasteiger partial charge in [-0.1, -0.05) is 56.9 Å². The van der Waals surface area contributed by atoms with Gasteiger partial charge in [-0.15, -0.1) is 0 Å². The predicted molar refractivity (Wildman–Crippen MR) is 107 cm³/mol. The topological polar surface area (TPSA) is 26.3 Å².